The van der Waals surface area contributed by atoms with Gasteiger partial charge in [0.15, 0.2) is 0 Å². The minimum atomic E-state index is -0.298. The number of allylic oxidation sites excluding steroid dienone is 3. The van der Waals surface area contributed by atoms with E-state index in [0.717, 1.165) is 25.0 Å². The van der Waals surface area contributed by atoms with Crippen LogP contribution in [0.15, 0.2) is 50.0 Å². The molecule has 0 aromatic carbocycles. The van der Waals surface area contributed by atoms with Crippen LogP contribution in [-0.4, -0.2) is 12.2 Å². The molecular weight excluding hydrogens is 236 g/mol. The fraction of sp³-hybridized carbons (Fsp3) is 0.529. The lowest BCUT2D eigenvalue weighted by atomic mass is 9.99. The highest BCUT2D eigenvalue weighted by Crippen LogP contribution is 2.26. The molecule has 19 heavy (non-hydrogen) atoms. The zero-order chi connectivity index (χ0) is 14.9. The van der Waals surface area contributed by atoms with Crippen molar-refractivity contribution >= 4 is 0 Å². The SMILES string of the molecule is C=CC[C@H](CC)C(=C)OC(C)(C)CCOC(=C)C=C. The molecule has 0 aromatic rings. The first kappa shape index (κ1) is 17.6. The minimum absolute atomic E-state index is 0.298. The zero-order valence-corrected chi connectivity index (χ0v) is 12.7. The maximum atomic E-state index is 5.98. The second-order valence-electron chi connectivity index (χ2n) is 5.23. The molecule has 0 aliphatic heterocycles. The third-order valence-corrected chi connectivity index (χ3v) is 3.03. The van der Waals surface area contributed by atoms with E-state index in [9.17, 15) is 0 Å². The monoisotopic (exact) mass is 264 g/mol. The third-order valence-electron chi connectivity index (χ3n) is 3.03. The standard InChI is InChI=1S/C17H28O2/c1-8-11-16(10-3)15(5)19-17(6,7)12-13-18-14(4)9-2/h8-9,16H,1-2,4-5,10-13H2,3,6-7H3/t16-/m0/s1. The number of hydrogen-bond donors (Lipinski definition) is 0. The Bertz CT molecular complexity index is 326. The van der Waals surface area contributed by atoms with Crippen molar-refractivity contribution in [2.24, 2.45) is 5.92 Å². The molecule has 0 spiro atoms. The van der Waals surface area contributed by atoms with Crippen molar-refractivity contribution in [1.82, 2.24) is 0 Å². The number of hydrogen-bond acceptors (Lipinski definition) is 2. The average Bonchev–Trinajstić information content (AvgIpc) is 2.34. The Morgan fingerprint density at radius 1 is 1.26 bits per heavy atom. The van der Waals surface area contributed by atoms with E-state index in [2.05, 4.69) is 33.2 Å². The Morgan fingerprint density at radius 2 is 1.89 bits per heavy atom. The van der Waals surface area contributed by atoms with E-state index >= 15 is 0 Å². The van der Waals surface area contributed by atoms with Gasteiger partial charge in [0.05, 0.1) is 12.4 Å². The molecule has 0 saturated heterocycles. The average molecular weight is 264 g/mol. The summed E-state index contributed by atoms with van der Waals surface area (Å²) in [7, 11) is 0. The molecule has 1 atom stereocenters. The summed E-state index contributed by atoms with van der Waals surface area (Å²) in [6.07, 6.45) is 6.18. The number of ether oxygens (including phenoxy) is 2. The molecular formula is C17H28O2. The van der Waals surface area contributed by atoms with E-state index in [1.807, 2.05) is 19.9 Å². The van der Waals surface area contributed by atoms with Gasteiger partial charge in [0.2, 0.25) is 0 Å². The van der Waals surface area contributed by atoms with E-state index in [1.54, 1.807) is 6.08 Å². The molecule has 0 aliphatic rings. The fourth-order valence-corrected chi connectivity index (χ4v) is 1.70. The van der Waals surface area contributed by atoms with E-state index in [0.29, 0.717) is 18.3 Å². The van der Waals surface area contributed by atoms with Crippen LogP contribution in [0, 0.1) is 5.92 Å². The van der Waals surface area contributed by atoms with Crippen LogP contribution in [0.4, 0.5) is 0 Å². The lowest BCUT2D eigenvalue weighted by molar-refractivity contribution is -0.00289. The summed E-state index contributed by atoms with van der Waals surface area (Å²) in [6, 6.07) is 0. The highest BCUT2D eigenvalue weighted by atomic mass is 16.5. The van der Waals surface area contributed by atoms with E-state index in [1.165, 1.54) is 0 Å². The largest absolute Gasteiger partial charge is 0.494 e. The molecule has 0 N–H and O–H groups in total. The first-order chi connectivity index (χ1) is 8.86. The van der Waals surface area contributed by atoms with Crippen LogP contribution >= 0.6 is 0 Å². The van der Waals surface area contributed by atoms with Crippen LogP contribution in [0.2, 0.25) is 0 Å². The van der Waals surface area contributed by atoms with Gasteiger partial charge in [0.1, 0.15) is 11.4 Å². The smallest absolute Gasteiger partial charge is 0.111 e. The maximum Gasteiger partial charge on any atom is 0.111 e. The quantitative estimate of drug-likeness (QED) is 0.297. The molecule has 0 amide bonds. The van der Waals surface area contributed by atoms with Crippen LogP contribution in [0.5, 0.6) is 0 Å². The topological polar surface area (TPSA) is 18.5 Å². The predicted octanol–water partition coefficient (Wildman–Crippen LogP) is 5.00. The second kappa shape index (κ2) is 8.63. The first-order valence-electron chi connectivity index (χ1n) is 6.79. The van der Waals surface area contributed by atoms with E-state index < -0.39 is 0 Å². The molecule has 0 bridgehead atoms. The van der Waals surface area contributed by atoms with Crippen LogP contribution < -0.4 is 0 Å². The van der Waals surface area contributed by atoms with E-state index in [4.69, 9.17) is 9.47 Å². The summed E-state index contributed by atoms with van der Waals surface area (Å²) >= 11 is 0. The summed E-state index contributed by atoms with van der Waals surface area (Å²) in [5.74, 6) is 1.75. The summed E-state index contributed by atoms with van der Waals surface area (Å²) in [6.45, 7) is 21.9. The molecule has 0 rings (SSSR count). The Morgan fingerprint density at radius 3 is 2.37 bits per heavy atom. The van der Waals surface area contributed by atoms with Gasteiger partial charge < -0.3 is 9.47 Å². The van der Waals surface area contributed by atoms with Crippen molar-refractivity contribution in [2.75, 3.05) is 6.61 Å². The van der Waals surface area contributed by atoms with Crippen molar-refractivity contribution < 1.29 is 9.47 Å². The van der Waals surface area contributed by atoms with Crippen molar-refractivity contribution in [1.29, 1.82) is 0 Å². The van der Waals surface area contributed by atoms with Crippen LogP contribution in [0.3, 0.4) is 0 Å². The maximum absolute atomic E-state index is 5.98. The molecule has 0 radical (unpaired) electrons. The lowest BCUT2D eigenvalue weighted by Crippen LogP contribution is -2.27. The third kappa shape index (κ3) is 7.55. The van der Waals surface area contributed by atoms with Gasteiger partial charge in [-0.25, -0.2) is 0 Å². The van der Waals surface area contributed by atoms with Gasteiger partial charge in [-0.2, -0.15) is 0 Å². The van der Waals surface area contributed by atoms with Crippen molar-refractivity contribution in [3.05, 3.63) is 50.0 Å². The second-order valence-corrected chi connectivity index (χ2v) is 5.23. The zero-order valence-electron chi connectivity index (χ0n) is 12.7. The summed E-state index contributed by atoms with van der Waals surface area (Å²) < 4.78 is 11.4. The lowest BCUT2D eigenvalue weighted by Gasteiger charge is -2.30. The van der Waals surface area contributed by atoms with Gasteiger partial charge >= 0.3 is 0 Å². The molecule has 2 heteroatoms. The van der Waals surface area contributed by atoms with Gasteiger partial charge in [-0.1, -0.05) is 32.7 Å². The molecule has 0 aromatic heterocycles. The molecule has 2 nitrogen and oxygen atoms in total. The molecule has 0 fully saturated rings. The van der Waals surface area contributed by atoms with Crippen molar-refractivity contribution in [2.45, 2.75) is 45.6 Å². The summed E-state index contributed by atoms with van der Waals surface area (Å²) in [4.78, 5) is 0. The van der Waals surface area contributed by atoms with Gasteiger partial charge in [0, 0.05) is 12.3 Å². The summed E-state index contributed by atoms with van der Waals surface area (Å²) in [5.41, 5.74) is -0.298. The van der Waals surface area contributed by atoms with E-state index in [-0.39, 0.29) is 5.60 Å². The van der Waals surface area contributed by atoms with Gasteiger partial charge in [0.25, 0.3) is 0 Å². The highest BCUT2D eigenvalue weighted by molar-refractivity contribution is 5.02. The summed E-state index contributed by atoms with van der Waals surface area (Å²) in [5, 5.41) is 0. The Kier molecular flexibility index (Phi) is 7.97. The predicted molar refractivity (Wildman–Crippen MR) is 82.8 cm³/mol. The molecule has 0 heterocycles. The van der Waals surface area contributed by atoms with Gasteiger partial charge in [-0.15, -0.1) is 6.58 Å². The first-order valence-corrected chi connectivity index (χ1v) is 6.79. The molecule has 0 saturated carbocycles. The Balaban J connectivity index is 4.26. The Labute approximate surface area is 118 Å². The Hall–Kier alpha value is -1.44. The van der Waals surface area contributed by atoms with Crippen LogP contribution in [0.25, 0.3) is 0 Å². The van der Waals surface area contributed by atoms with Crippen molar-refractivity contribution in [3.63, 3.8) is 0 Å². The number of rotatable bonds is 11. The minimum Gasteiger partial charge on any atom is -0.494 e. The van der Waals surface area contributed by atoms with Crippen LogP contribution in [-0.2, 0) is 9.47 Å². The normalized spacial score (nSPS) is 12.4. The molecule has 0 aliphatic carbocycles. The molecule has 0 unspecified atom stereocenters. The molecule has 108 valence electrons. The highest BCUT2D eigenvalue weighted by Gasteiger charge is 2.23. The fourth-order valence-electron chi connectivity index (χ4n) is 1.70. The van der Waals surface area contributed by atoms with Crippen molar-refractivity contribution in [3.8, 4) is 0 Å². The van der Waals surface area contributed by atoms with Gasteiger partial charge in [-0.05, 0) is 32.8 Å². The van der Waals surface area contributed by atoms with Crippen LogP contribution in [0.1, 0.15) is 40.0 Å². The van der Waals surface area contributed by atoms with Gasteiger partial charge in [-0.3, -0.25) is 0 Å².